The van der Waals surface area contributed by atoms with Crippen LogP contribution in [0, 0.1) is 5.82 Å². The maximum Gasteiger partial charge on any atom is 0.270 e. The van der Waals surface area contributed by atoms with Gasteiger partial charge in [-0.25, -0.2) is 4.39 Å². The predicted octanol–water partition coefficient (Wildman–Crippen LogP) is 5.47. The van der Waals surface area contributed by atoms with Crippen LogP contribution < -0.4 is 14.4 Å². The topological polar surface area (TPSA) is 70.7 Å². The first-order chi connectivity index (χ1) is 17.9. The number of halogens is 1. The second-order valence-electron chi connectivity index (χ2n) is 9.48. The zero-order valence-electron chi connectivity index (χ0n) is 21.5. The van der Waals surface area contributed by atoms with E-state index in [2.05, 4.69) is 14.9 Å². The number of pyridine rings is 1. The first-order valence-corrected chi connectivity index (χ1v) is 12.4. The molecule has 1 fully saturated rings. The molecule has 2 aromatic heterocycles. The second kappa shape index (κ2) is 10.1. The molecule has 192 valence electrons. The summed E-state index contributed by atoms with van der Waals surface area (Å²) >= 11 is 0. The molecule has 0 atom stereocenters. The second-order valence-corrected chi connectivity index (χ2v) is 9.48. The number of aromatic nitrogens is 2. The van der Waals surface area contributed by atoms with Crippen molar-refractivity contribution in [2.24, 2.45) is 0 Å². The Morgan fingerprint density at radius 1 is 1.00 bits per heavy atom. The molecule has 2 aromatic carbocycles. The van der Waals surface area contributed by atoms with E-state index in [1.807, 2.05) is 55.1 Å². The van der Waals surface area contributed by atoms with Gasteiger partial charge >= 0.3 is 0 Å². The number of anilines is 1. The lowest BCUT2D eigenvalue weighted by atomic mass is 9.93. The normalized spacial score (nSPS) is 13.9. The Bertz CT molecular complexity index is 1440. The number of hydrogen-bond acceptors (Lipinski definition) is 5. The molecule has 5 rings (SSSR count). The molecule has 1 N–H and O–H groups in total. The standard InChI is InChI=1S/C29H31FN4O3/c1-18(2)20-15-21(19-9-10-31-17-26(19)37-4)22-16-23(32-28(22)27(20)30)29(35)34-13-11-33(12-14-34)24-7-5-6-8-25(24)36-3/h5-10,15-18,32H,11-14H2,1-4H3. The van der Waals surface area contributed by atoms with Crippen LogP contribution in [0.15, 0.2) is 54.9 Å². The lowest BCUT2D eigenvalue weighted by Gasteiger charge is -2.36. The molecule has 0 saturated carbocycles. The molecule has 1 aliphatic heterocycles. The van der Waals surface area contributed by atoms with Gasteiger partial charge in [0.1, 0.15) is 17.2 Å². The van der Waals surface area contributed by atoms with E-state index < -0.39 is 0 Å². The number of amides is 1. The summed E-state index contributed by atoms with van der Waals surface area (Å²) in [5.41, 5.74) is 3.89. The van der Waals surface area contributed by atoms with Crippen molar-refractivity contribution in [1.29, 1.82) is 0 Å². The van der Waals surface area contributed by atoms with Crippen LogP contribution in [-0.2, 0) is 0 Å². The zero-order chi connectivity index (χ0) is 26.1. The maximum absolute atomic E-state index is 15.6. The van der Waals surface area contributed by atoms with Gasteiger partial charge in [-0.3, -0.25) is 9.78 Å². The number of piperazine rings is 1. The number of H-pyrrole nitrogens is 1. The minimum Gasteiger partial charge on any atom is -0.495 e. The smallest absolute Gasteiger partial charge is 0.270 e. The summed E-state index contributed by atoms with van der Waals surface area (Å²) < 4.78 is 26.6. The molecule has 0 spiro atoms. The van der Waals surface area contributed by atoms with Crippen molar-refractivity contribution in [3.8, 4) is 22.6 Å². The fourth-order valence-electron chi connectivity index (χ4n) is 5.02. The third-order valence-electron chi connectivity index (χ3n) is 7.02. The van der Waals surface area contributed by atoms with Gasteiger partial charge in [0, 0.05) is 43.3 Å². The molecule has 1 amide bonds. The van der Waals surface area contributed by atoms with E-state index >= 15 is 4.39 Å². The number of carbonyl (C=O) groups is 1. The van der Waals surface area contributed by atoms with E-state index in [1.54, 1.807) is 32.7 Å². The van der Waals surface area contributed by atoms with Gasteiger partial charge in [0.05, 0.1) is 31.6 Å². The molecule has 37 heavy (non-hydrogen) atoms. The van der Waals surface area contributed by atoms with Gasteiger partial charge in [-0.1, -0.05) is 26.0 Å². The lowest BCUT2D eigenvalue weighted by molar-refractivity contribution is 0.0741. The van der Waals surface area contributed by atoms with Crippen LogP contribution >= 0.6 is 0 Å². The lowest BCUT2D eigenvalue weighted by Crippen LogP contribution is -2.49. The number of nitrogens with zero attached hydrogens (tertiary/aromatic N) is 3. The molecule has 1 aliphatic rings. The number of aromatic amines is 1. The Labute approximate surface area is 215 Å². The van der Waals surface area contributed by atoms with Crippen LogP contribution in [0.1, 0.15) is 35.8 Å². The fourth-order valence-corrected chi connectivity index (χ4v) is 5.02. The van der Waals surface area contributed by atoms with Crippen LogP contribution in [-0.4, -0.2) is 61.2 Å². The Morgan fingerprint density at radius 3 is 2.43 bits per heavy atom. The number of carbonyl (C=O) groups excluding carboxylic acids is 1. The van der Waals surface area contributed by atoms with Crippen LogP contribution in [0.25, 0.3) is 22.0 Å². The van der Waals surface area contributed by atoms with Crippen molar-refractivity contribution >= 4 is 22.5 Å². The summed E-state index contributed by atoms with van der Waals surface area (Å²) in [4.78, 5) is 24.8. The molecule has 8 heteroatoms. The molecule has 0 aliphatic carbocycles. The molecule has 0 bridgehead atoms. The maximum atomic E-state index is 15.6. The summed E-state index contributed by atoms with van der Waals surface area (Å²) in [7, 11) is 3.25. The highest BCUT2D eigenvalue weighted by molar-refractivity contribution is 6.04. The summed E-state index contributed by atoms with van der Waals surface area (Å²) in [6, 6.07) is 13.3. The van der Waals surface area contributed by atoms with Crippen LogP contribution in [0.3, 0.4) is 0 Å². The van der Waals surface area contributed by atoms with Gasteiger partial charge < -0.3 is 24.3 Å². The van der Waals surface area contributed by atoms with E-state index in [0.717, 1.165) is 22.6 Å². The molecule has 0 unspecified atom stereocenters. The molecule has 3 heterocycles. The summed E-state index contributed by atoms with van der Waals surface area (Å²) in [5.74, 6) is 0.886. The van der Waals surface area contributed by atoms with E-state index in [9.17, 15) is 4.79 Å². The third kappa shape index (κ3) is 4.48. The number of ether oxygens (including phenoxy) is 2. The van der Waals surface area contributed by atoms with Crippen molar-refractivity contribution in [3.63, 3.8) is 0 Å². The van der Waals surface area contributed by atoms with E-state index in [1.165, 1.54) is 0 Å². The largest absolute Gasteiger partial charge is 0.495 e. The van der Waals surface area contributed by atoms with Crippen molar-refractivity contribution in [1.82, 2.24) is 14.9 Å². The SMILES string of the molecule is COc1cnccc1-c1cc(C(C)C)c(F)c2[nH]c(C(=O)N3CCN(c4ccccc4OC)CC3)cc12. The number of fused-ring (bicyclic) bond motifs is 1. The van der Waals surface area contributed by atoms with Gasteiger partial charge in [0.2, 0.25) is 0 Å². The summed E-state index contributed by atoms with van der Waals surface area (Å²) in [6.07, 6.45) is 3.32. The molecular weight excluding hydrogens is 471 g/mol. The zero-order valence-corrected chi connectivity index (χ0v) is 21.5. The molecule has 7 nitrogen and oxygen atoms in total. The van der Waals surface area contributed by atoms with E-state index in [0.29, 0.717) is 54.1 Å². The van der Waals surface area contributed by atoms with Crippen LogP contribution in [0.2, 0.25) is 0 Å². The number of benzene rings is 2. The Kier molecular flexibility index (Phi) is 6.74. The summed E-state index contributed by atoms with van der Waals surface area (Å²) in [6.45, 7) is 6.37. The average molecular weight is 503 g/mol. The Hall–Kier alpha value is -4.07. The van der Waals surface area contributed by atoms with Crippen molar-refractivity contribution < 1.29 is 18.7 Å². The minimum atomic E-state index is -0.332. The molecular formula is C29H31FN4O3. The number of methoxy groups -OCH3 is 2. The molecule has 1 saturated heterocycles. The van der Waals surface area contributed by atoms with Crippen molar-refractivity contribution in [2.45, 2.75) is 19.8 Å². The van der Waals surface area contributed by atoms with Crippen molar-refractivity contribution in [2.75, 3.05) is 45.3 Å². The highest BCUT2D eigenvalue weighted by atomic mass is 19.1. The van der Waals surface area contributed by atoms with Crippen LogP contribution in [0.5, 0.6) is 11.5 Å². The van der Waals surface area contributed by atoms with Crippen LogP contribution in [0.4, 0.5) is 10.1 Å². The Balaban J connectivity index is 1.48. The van der Waals surface area contributed by atoms with E-state index in [4.69, 9.17) is 9.47 Å². The first-order valence-electron chi connectivity index (χ1n) is 12.4. The first kappa shape index (κ1) is 24.6. The Morgan fingerprint density at radius 2 is 1.73 bits per heavy atom. The van der Waals surface area contributed by atoms with Gasteiger partial charge in [-0.15, -0.1) is 0 Å². The molecule has 0 radical (unpaired) electrons. The minimum absolute atomic E-state index is 0.0403. The highest BCUT2D eigenvalue weighted by Crippen LogP contribution is 2.39. The summed E-state index contributed by atoms with van der Waals surface area (Å²) in [5, 5.41) is 0.641. The highest BCUT2D eigenvalue weighted by Gasteiger charge is 2.27. The third-order valence-corrected chi connectivity index (χ3v) is 7.02. The van der Waals surface area contributed by atoms with Gasteiger partial charge in [-0.05, 0) is 47.4 Å². The average Bonchev–Trinajstić information content (AvgIpc) is 3.39. The fraction of sp³-hybridized carbons (Fsp3) is 0.310. The predicted molar refractivity (Wildman–Crippen MR) is 143 cm³/mol. The van der Waals surface area contributed by atoms with Gasteiger partial charge in [0.25, 0.3) is 5.91 Å². The van der Waals surface area contributed by atoms with E-state index in [-0.39, 0.29) is 17.6 Å². The number of nitrogens with one attached hydrogen (secondary N) is 1. The monoisotopic (exact) mass is 502 g/mol. The number of hydrogen-bond donors (Lipinski definition) is 1. The number of para-hydroxylation sites is 2. The number of rotatable bonds is 6. The van der Waals surface area contributed by atoms with Gasteiger partial charge in [0.15, 0.2) is 5.82 Å². The van der Waals surface area contributed by atoms with Gasteiger partial charge in [-0.2, -0.15) is 0 Å². The quantitative estimate of drug-likeness (QED) is 0.379. The molecule has 4 aromatic rings. The van der Waals surface area contributed by atoms with Crippen molar-refractivity contribution in [3.05, 3.63) is 71.9 Å².